The molecule has 0 spiro atoms. The summed E-state index contributed by atoms with van der Waals surface area (Å²) in [5.41, 5.74) is 2.85. The van der Waals surface area contributed by atoms with Crippen molar-refractivity contribution in [1.82, 2.24) is 0 Å². The van der Waals surface area contributed by atoms with Crippen molar-refractivity contribution < 1.29 is 0 Å². The van der Waals surface area contributed by atoms with E-state index in [9.17, 15) is 0 Å². The molecule has 0 amide bonds. The summed E-state index contributed by atoms with van der Waals surface area (Å²) in [6.45, 7) is 0. The molecule has 2 atom stereocenters. The number of fused-ring (bicyclic) bond motifs is 2. The van der Waals surface area contributed by atoms with Crippen LogP contribution in [0.25, 0.3) is 12.2 Å². The van der Waals surface area contributed by atoms with Gasteiger partial charge in [-0.15, -0.1) is 0 Å². The van der Waals surface area contributed by atoms with Gasteiger partial charge < -0.3 is 0 Å². The average molecular weight is 388 g/mol. The van der Waals surface area contributed by atoms with Gasteiger partial charge in [0, 0.05) is 0 Å². The summed E-state index contributed by atoms with van der Waals surface area (Å²) in [5.74, 6) is 0. The molecular formula is C18H14Se2. The van der Waals surface area contributed by atoms with Crippen molar-refractivity contribution in [2.45, 2.75) is 9.63 Å². The monoisotopic (exact) mass is 390 g/mol. The summed E-state index contributed by atoms with van der Waals surface area (Å²) in [6.07, 6.45) is 9.56. The van der Waals surface area contributed by atoms with Gasteiger partial charge in [-0.25, -0.2) is 0 Å². The van der Waals surface area contributed by atoms with Crippen LogP contribution in [0.1, 0.15) is 11.1 Å². The van der Waals surface area contributed by atoms with E-state index in [1.807, 2.05) is 0 Å². The van der Waals surface area contributed by atoms with Crippen LogP contribution in [0.5, 0.6) is 0 Å². The molecule has 0 N–H and O–H groups in total. The van der Waals surface area contributed by atoms with E-state index in [0.29, 0.717) is 29.9 Å². The quantitative estimate of drug-likeness (QED) is 0.660. The van der Waals surface area contributed by atoms with Gasteiger partial charge in [0.05, 0.1) is 0 Å². The molecule has 2 aromatic rings. The van der Waals surface area contributed by atoms with E-state index in [0.717, 1.165) is 9.63 Å². The second-order valence-corrected chi connectivity index (χ2v) is 10.1. The zero-order chi connectivity index (χ0) is 13.4. The molecule has 0 aliphatic carbocycles. The number of rotatable bonds is 1. The first kappa shape index (κ1) is 12.7. The Bertz CT molecular complexity index is 639. The van der Waals surface area contributed by atoms with Gasteiger partial charge in [0.2, 0.25) is 0 Å². The van der Waals surface area contributed by atoms with E-state index in [2.05, 4.69) is 72.8 Å². The summed E-state index contributed by atoms with van der Waals surface area (Å²) in [7, 11) is 0. The molecule has 2 heteroatoms. The van der Waals surface area contributed by atoms with Crippen molar-refractivity contribution in [3.63, 3.8) is 0 Å². The predicted molar refractivity (Wildman–Crippen MR) is 89.2 cm³/mol. The third-order valence-corrected chi connectivity index (χ3v) is 10.1. The minimum atomic E-state index is 0.564. The molecule has 20 heavy (non-hydrogen) atoms. The minimum absolute atomic E-state index is 0.564. The first-order valence-corrected chi connectivity index (χ1v) is 10.5. The average Bonchev–Trinajstić information content (AvgIpc) is 2.54. The van der Waals surface area contributed by atoms with Gasteiger partial charge in [-0.1, -0.05) is 0 Å². The molecule has 0 bridgehead atoms. The van der Waals surface area contributed by atoms with Crippen LogP contribution >= 0.6 is 0 Å². The van der Waals surface area contributed by atoms with Crippen LogP contribution in [0.3, 0.4) is 0 Å². The molecule has 2 aliphatic heterocycles. The molecule has 0 radical (unpaired) electrons. The normalized spacial score (nSPS) is 23.2. The zero-order valence-corrected chi connectivity index (χ0v) is 14.3. The van der Waals surface area contributed by atoms with Gasteiger partial charge >= 0.3 is 132 Å². The second-order valence-electron chi connectivity index (χ2n) is 4.96. The predicted octanol–water partition coefficient (Wildman–Crippen LogP) is 2.68. The molecular weight excluding hydrogens is 374 g/mol. The first-order valence-electron chi connectivity index (χ1n) is 6.78. The van der Waals surface area contributed by atoms with Crippen molar-refractivity contribution in [3.8, 4) is 0 Å². The number of benzene rings is 2. The van der Waals surface area contributed by atoms with E-state index in [1.54, 1.807) is 8.92 Å². The van der Waals surface area contributed by atoms with Crippen LogP contribution in [0, 0.1) is 0 Å². The Morgan fingerprint density at radius 1 is 0.600 bits per heavy atom. The maximum absolute atomic E-state index is 2.45. The van der Waals surface area contributed by atoms with Crippen molar-refractivity contribution in [2.24, 2.45) is 0 Å². The molecule has 4 rings (SSSR count). The molecule has 2 aromatic carbocycles. The molecule has 0 saturated heterocycles. The Hall–Kier alpha value is -1.04. The summed E-state index contributed by atoms with van der Waals surface area (Å²) >= 11 is 1.13. The Labute approximate surface area is 132 Å². The van der Waals surface area contributed by atoms with Crippen LogP contribution in [-0.4, -0.2) is 29.9 Å². The third-order valence-electron chi connectivity index (χ3n) is 3.62. The van der Waals surface area contributed by atoms with E-state index in [1.165, 1.54) is 11.1 Å². The summed E-state index contributed by atoms with van der Waals surface area (Å²) < 4.78 is 3.13. The summed E-state index contributed by atoms with van der Waals surface area (Å²) in [6, 6.07) is 17.7. The van der Waals surface area contributed by atoms with E-state index >= 15 is 0 Å². The van der Waals surface area contributed by atoms with E-state index in [-0.39, 0.29) is 0 Å². The fraction of sp³-hybridized carbons (Fsp3) is 0.111. The van der Waals surface area contributed by atoms with Crippen molar-refractivity contribution in [3.05, 3.63) is 71.8 Å². The van der Waals surface area contributed by atoms with Crippen molar-refractivity contribution in [2.75, 3.05) is 0 Å². The second kappa shape index (κ2) is 5.39. The number of hydrogen-bond donors (Lipinski definition) is 0. The van der Waals surface area contributed by atoms with Crippen molar-refractivity contribution >= 4 is 51.0 Å². The maximum atomic E-state index is 2.45. The van der Waals surface area contributed by atoms with Crippen LogP contribution in [0.4, 0.5) is 0 Å². The van der Waals surface area contributed by atoms with Crippen LogP contribution in [0.2, 0.25) is 9.63 Å². The van der Waals surface area contributed by atoms with Gasteiger partial charge in [-0.05, 0) is 0 Å². The van der Waals surface area contributed by atoms with E-state index in [4.69, 9.17) is 0 Å². The van der Waals surface area contributed by atoms with Gasteiger partial charge in [0.25, 0.3) is 0 Å². The Balaban J connectivity index is 1.60. The third kappa shape index (κ3) is 2.34. The molecule has 0 saturated carbocycles. The Morgan fingerprint density at radius 3 is 1.55 bits per heavy atom. The zero-order valence-electron chi connectivity index (χ0n) is 10.9. The molecule has 0 aromatic heterocycles. The molecule has 98 valence electrons. The number of allylic oxidation sites excluding steroid dienone is 2. The van der Waals surface area contributed by atoms with Crippen LogP contribution in [-0.2, 0) is 0 Å². The SMILES string of the molecule is C1=CC(C2C=Cc3ccccc3[Se]2)[Se]c2ccccc21. The summed E-state index contributed by atoms with van der Waals surface area (Å²) in [5, 5.41) is 0. The molecule has 0 fully saturated rings. The molecule has 2 unspecified atom stereocenters. The Kier molecular flexibility index (Phi) is 3.42. The first-order chi connectivity index (χ1) is 9.90. The van der Waals surface area contributed by atoms with Crippen LogP contribution in [0.15, 0.2) is 60.7 Å². The topological polar surface area (TPSA) is 0 Å². The van der Waals surface area contributed by atoms with Gasteiger partial charge in [0.15, 0.2) is 0 Å². The standard InChI is InChI=1S/C18H14Se2/c1-3-7-15-13(5-1)9-11-17(19-15)18-12-10-14-6-2-4-8-16(14)20-18/h1-12,17-18H. The fourth-order valence-electron chi connectivity index (χ4n) is 2.57. The number of hydrogen-bond acceptors (Lipinski definition) is 0. The fourth-order valence-corrected chi connectivity index (χ4v) is 8.42. The van der Waals surface area contributed by atoms with Crippen LogP contribution < -0.4 is 8.92 Å². The van der Waals surface area contributed by atoms with E-state index < -0.39 is 0 Å². The molecule has 0 nitrogen and oxygen atoms in total. The van der Waals surface area contributed by atoms with Gasteiger partial charge in [0.1, 0.15) is 0 Å². The van der Waals surface area contributed by atoms with Gasteiger partial charge in [-0.2, -0.15) is 0 Å². The summed E-state index contributed by atoms with van der Waals surface area (Å²) in [4.78, 5) is 1.45. The molecule has 2 heterocycles. The van der Waals surface area contributed by atoms with Gasteiger partial charge in [-0.3, -0.25) is 0 Å². The van der Waals surface area contributed by atoms with Crippen molar-refractivity contribution in [1.29, 1.82) is 0 Å². The Morgan fingerprint density at radius 2 is 1.05 bits per heavy atom. The molecule has 2 aliphatic rings.